The molecule has 19 heavy (non-hydrogen) atoms. The first kappa shape index (κ1) is 12.3. The SMILES string of the molecule is Nc1ccc(N2CCCCCCC2)c2ccncc12. The zero-order valence-electron chi connectivity index (χ0n) is 11.3. The van der Waals surface area contributed by atoms with Crippen LogP contribution in [-0.2, 0) is 0 Å². The zero-order valence-corrected chi connectivity index (χ0v) is 11.3. The average molecular weight is 255 g/mol. The molecule has 0 unspecified atom stereocenters. The second-order valence-corrected chi connectivity index (χ2v) is 5.35. The van der Waals surface area contributed by atoms with Crippen molar-refractivity contribution in [2.75, 3.05) is 23.7 Å². The molecule has 3 rings (SSSR count). The third-order valence-corrected chi connectivity index (χ3v) is 4.03. The fraction of sp³-hybridized carbons (Fsp3) is 0.438. The van der Waals surface area contributed by atoms with Gasteiger partial charge in [-0.2, -0.15) is 0 Å². The van der Waals surface area contributed by atoms with Crippen LogP contribution in [0, 0.1) is 0 Å². The Morgan fingerprint density at radius 1 is 0.895 bits per heavy atom. The highest BCUT2D eigenvalue weighted by Crippen LogP contribution is 2.31. The number of nitrogens with two attached hydrogens (primary N) is 1. The van der Waals surface area contributed by atoms with Gasteiger partial charge in [0.1, 0.15) is 0 Å². The van der Waals surface area contributed by atoms with Crippen molar-refractivity contribution >= 4 is 22.1 Å². The Kier molecular flexibility index (Phi) is 3.53. The molecule has 2 aromatic rings. The molecular formula is C16H21N3. The fourth-order valence-corrected chi connectivity index (χ4v) is 2.96. The summed E-state index contributed by atoms with van der Waals surface area (Å²) < 4.78 is 0. The second kappa shape index (κ2) is 5.47. The summed E-state index contributed by atoms with van der Waals surface area (Å²) in [7, 11) is 0. The highest BCUT2D eigenvalue weighted by molar-refractivity contribution is 6.00. The van der Waals surface area contributed by atoms with E-state index in [1.807, 2.05) is 18.5 Å². The Hall–Kier alpha value is -1.77. The van der Waals surface area contributed by atoms with Crippen LogP contribution in [0.3, 0.4) is 0 Å². The molecule has 1 aliphatic rings. The maximum atomic E-state index is 6.05. The van der Waals surface area contributed by atoms with Crippen LogP contribution in [0.5, 0.6) is 0 Å². The van der Waals surface area contributed by atoms with E-state index in [1.54, 1.807) is 0 Å². The molecule has 1 fully saturated rings. The predicted molar refractivity (Wildman–Crippen MR) is 81.5 cm³/mol. The van der Waals surface area contributed by atoms with Gasteiger partial charge in [0.25, 0.3) is 0 Å². The highest BCUT2D eigenvalue weighted by atomic mass is 15.1. The molecule has 0 spiro atoms. The van der Waals surface area contributed by atoms with Crippen LogP contribution < -0.4 is 10.6 Å². The predicted octanol–water partition coefficient (Wildman–Crippen LogP) is 3.59. The van der Waals surface area contributed by atoms with Crippen molar-refractivity contribution in [2.24, 2.45) is 0 Å². The van der Waals surface area contributed by atoms with E-state index in [2.05, 4.69) is 22.0 Å². The number of aromatic nitrogens is 1. The van der Waals surface area contributed by atoms with Gasteiger partial charge in [-0.05, 0) is 31.0 Å². The zero-order chi connectivity index (χ0) is 13.1. The summed E-state index contributed by atoms with van der Waals surface area (Å²) in [5, 5.41) is 2.30. The minimum atomic E-state index is 0.818. The molecule has 2 heterocycles. The smallest absolute Gasteiger partial charge is 0.0448 e. The Balaban J connectivity index is 2.01. The maximum absolute atomic E-state index is 6.05. The van der Waals surface area contributed by atoms with Crippen molar-refractivity contribution in [3.8, 4) is 0 Å². The van der Waals surface area contributed by atoms with Crippen LogP contribution in [0.2, 0.25) is 0 Å². The molecule has 3 heteroatoms. The van der Waals surface area contributed by atoms with Gasteiger partial charge in [-0.3, -0.25) is 4.98 Å². The molecule has 0 radical (unpaired) electrons. The van der Waals surface area contributed by atoms with Crippen molar-refractivity contribution in [3.05, 3.63) is 30.6 Å². The average Bonchev–Trinajstić information content (AvgIpc) is 2.40. The number of nitrogens with zero attached hydrogens (tertiary/aromatic N) is 2. The number of hydrogen-bond acceptors (Lipinski definition) is 3. The van der Waals surface area contributed by atoms with Gasteiger partial charge in [-0.1, -0.05) is 19.3 Å². The van der Waals surface area contributed by atoms with Gasteiger partial charge in [-0.15, -0.1) is 0 Å². The third-order valence-electron chi connectivity index (χ3n) is 4.03. The van der Waals surface area contributed by atoms with Crippen molar-refractivity contribution in [2.45, 2.75) is 32.1 Å². The number of anilines is 2. The van der Waals surface area contributed by atoms with Crippen LogP contribution in [0.15, 0.2) is 30.6 Å². The molecule has 0 atom stereocenters. The molecular weight excluding hydrogens is 234 g/mol. The van der Waals surface area contributed by atoms with E-state index in [4.69, 9.17) is 5.73 Å². The first-order valence-electron chi connectivity index (χ1n) is 7.23. The molecule has 0 saturated carbocycles. The first-order chi connectivity index (χ1) is 9.36. The van der Waals surface area contributed by atoms with Crippen LogP contribution >= 0.6 is 0 Å². The van der Waals surface area contributed by atoms with Crippen LogP contribution in [0.1, 0.15) is 32.1 Å². The van der Waals surface area contributed by atoms with E-state index in [-0.39, 0.29) is 0 Å². The molecule has 1 aromatic carbocycles. The first-order valence-corrected chi connectivity index (χ1v) is 7.23. The molecule has 0 bridgehead atoms. The molecule has 100 valence electrons. The lowest BCUT2D eigenvalue weighted by molar-refractivity contribution is 0.557. The summed E-state index contributed by atoms with van der Waals surface area (Å²) in [6, 6.07) is 6.26. The lowest BCUT2D eigenvalue weighted by atomic mass is 10.0. The van der Waals surface area contributed by atoms with E-state index in [0.29, 0.717) is 0 Å². The molecule has 3 nitrogen and oxygen atoms in total. The highest BCUT2D eigenvalue weighted by Gasteiger charge is 2.12. The minimum Gasteiger partial charge on any atom is -0.398 e. The van der Waals surface area contributed by atoms with Crippen molar-refractivity contribution in [1.82, 2.24) is 4.98 Å². The van der Waals surface area contributed by atoms with Gasteiger partial charge in [0.05, 0.1) is 0 Å². The van der Waals surface area contributed by atoms with Crippen LogP contribution in [0.4, 0.5) is 11.4 Å². The Morgan fingerprint density at radius 2 is 1.63 bits per heavy atom. The molecule has 2 N–H and O–H groups in total. The van der Waals surface area contributed by atoms with Gasteiger partial charge < -0.3 is 10.6 Å². The van der Waals surface area contributed by atoms with E-state index in [1.165, 1.54) is 43.2 Å². The number of benzene rings is 1. The quantitative estimate of drug-likeness (QED) is 0.792. The lowest BCUT2D eigenvalue weighted by Crippen LogP contribution is -2.27. The van der Waals surface area contributed by atoms with Gasteiger partial charge in [-0.25, -0.2) is 0 Å². The van der Waals surface area contributed by atoms with E-state index < -0.39 is 0 Å². The van der Waals surface area contributed by atoms with E-state index >= 15 is 0 Å². The second-order valence-electron chi connectivity index (χ2n) is 5.35. The Labute approximate surface area is 114 Å². The molecule has 1 saturated heterocycles. The van der Waals surface area contributed by atoms with Crippen molar-refractivity contribution < 1.29 is 0 Å². The summed E-state index contributed by atoms with van der Waals surface area (Å²) in [6.45, 7) is 2.31. The van der Waals surface area contributed by atoms with E-state index in [0.717, 1.165) is 24.2 Å². The standard InChI is InChI=1S/C16H21N3/c17-15-6-7-16(13-8-9-18-12-14(13)15)19-10-4-2-1-3-5-11-19/h6-9,12H,1-5,10-11,17H2. The topological polar surface area (TPSA) is 42.1 Å². The minimum absolute atomic E-state index is 0.818. The van der Waals surface area contributed by atoms with E-state index in [9.17, 15) is 0 Å². The Morgan fingerprint density at radius 3 is 2.42 bits per heavy atom. The fourth-order valence-electron chi connectivity index (χ4n) is 2.96. The number of fused-ring (bicyclic) bond motifs is 1. The summed E-state index contributed by atoms with van der Waals surface area (Å²) in [5.74, 6) is 0. The van der Waals surface area contributed by atoms with Crippen LogP contribution in [0.25, 0.3) is 10.8 Å². The Bertz CT molecular complexity index is 557. The number of pyridine rings is 1. The molecule has 1 aromatic heterocycles. The van der Waals surface area contributed by atoms with Crippen LogP contribution in [-0.4, -0.2) is 18.1 Å². The van der Waals surface area contributed by atoms with Gasteiger partial charge in [0, 0.05) is 47.6 Å². The van der Waals surface area contributed by atoms with Crippen molar-refractivity contribution in [1.29, 1.82) is 0 Å². The van der Waals surface area contributed by atoms with Gasteiger partial charge >= 0.3 is 0 Å². The summed E-state index contributed by atoms with van der Waals surface area (Å²) >= 11 is 0. The summed E-state index contributed by atoms with van der Waals surface area (Å²) in [6.07, 6.45) is 10.4. The molecule has 0 amide bonds. The number of nitrogen functional groups attached to an aromatic ring is 1. The summed E-state index contributed by atoms with van der Waals surface area (Å²) in [5.41, 5.74) is 8.18. The summed E-state index contributed by atoms with van der Waals surface area (Å²) in [4.78, 5) is 6.71. The number of hydrogen-bond donors (Lipinski definition) is 1. The molecule has 1 aliphatic heterocycles. The lowest BCUT2D eigenvalue weighted by Gasteiger charge is -2.28. The van der Waals surface area contributed by atoms with Gasteiger partial charge in [0.2, 0.25) is 0 Å². The maximum Gasteiger partial charge on any atom is 0.0448 e. The number of rotatable bonds is 1. The van der Waals surface area contributed by atoms with Crippen molar-refractivity contribution in [3.63, 3.8) is 0 Å². The largest absolute Gasteiger partial charge is 0.398 e. The normalized spacial score (nSPS) is 17.2. The van der Waals surface area contributed by atoms with Gasteiger partial charge in [0.15, 0.2) is 0 Å². The monoisotopic (exact) mass is 255 g/mol. The third kappa shape index (κ3) is 2.50. The molecule has 0 aliphatic carbocycles.